The Balaban J connectivity index is 1.86. The summed E-state index contributed by atoms with van der Waals surface area (Å²) in [4.78, 5) is 11.9. The van der Waals surface area contributed by atoms with Crippen LogP contribution in [0.25, 0.3) is 6.08 Å². The molecule has 5 heteroatoms. The molecule has 0 heterocycles. The molecule has 0 aromatic heterocycles. The lowest BCUT2D eigenvalue weighted by molar-refractivity contribution is -0.147. The van der Waals surface area contributed by atoms with Gasteiger partial charge in [0, 0.05) is 0 Å². The molecule has 0 fully saturated rings. The molecule has 0 amide bonds. The van der Waals surface area contributed by atoms with E-state index in [1.807, 2.05) is 55.5 Å². The first-order valence-corrected chi connectivity index (χ1v) is 7.88. The molecule has 2 aromatic carbocycles. The highest BCUT2D eigenvalue weighted by Gasteiger charge is 2.09. The Hall–Kier alpha value is -2.95. The SMILES string of the molecule is C/C=C/c1ccc(OCC(=O)OCc2ccc(OC)cc2)c(OC)c1. The lowest BCUT2D eigenvalue weighted by Crippen LogP contribution is -2.15. The van der Waals surface area contributed by atoms with Gasteiger partial charge in [-0.1, -0.05) is 30.4 Å². The topological polar surface area (TPSA) is 54.0 Å². The maximum Gasteiger partial charge on any atom is 0.344 e. The van der Waals surface area contributed by atoms with Crippen LogP contribution in [0.15, 0.2) is 48.5 Å². The van der Waals surface area contributed by atoms with Crippen LogP contribution in [-0.2, 0) is 16.1 Å². The van der Waals surface area contributed by atoms with E-state index >= 15 is 0 Å². The fourth-order valence-corrected chi connectivity index (χ4v) is 2.16. The first-order valence-electron chi connectivity index (χ1n) is 7.88. The lowest BCUT2D eigenvalue weighted by atomic mass is 10.2. The highest BCUT2D eigenvalue weighted by atomic mass is 16.6. The van der Waals surface area contributed by atoms with Gasteiger partial charge in [-0.3, -0.25) is 0 Å². The molecule has 0 N–H and O–H groups in total. The van der Waals surface area contributed by atoms with Crippen molar-refractivity contribution in [2.45, 2.75) is 13.5 Å². The minimum atomic E-state index is -0.449. The first kappa shape index (κ1) is 18.4. The molecule has 0 aliphatic rings. The Kier molecular flexibility index (Phi) is 6.89. The van der Waals surface area contributed by atoms with Crippen LogP contribution in [-0.4, -0.2) is 26.8 Å². The Morgan fingerprint density at radius 2 is 1.76 bits per heavy atom. The van der Waals surface area contributed by atoms with E-state index in [1.165, 1.54) is 0 Å². The summed E-state index contributed by atoms with van der Waals surface area (Å²) in [5, 5.41) is 0. The summed E-state index contributed by atoms with van der Waals surface area (Å²) in [6, 6.07) is 12.8. The van der Waals surface area contributed by atoms with Gasteiger partial charge in [0.25, 0.3) is 0 Å². The molecule has 132 valence electrons. The first-order chi connectivity index (χ1) is 12.2. The van der Waals surface area contributed by atoms with Crippen molar-refractivity contribution in [3.8, 4) is 17.2 Å². The summed E-state index contributed by atoms with van der Waals surface area (Å²) in [5.41, 5.74) is 1.87. The zero-order valence-corrected chi connectivity index (χ0v) is 14.7. The monoisotopic (exact) mass is 342 g/mol. The second-order valence-electron chi connectivity index (χ2n) is 5.21. The van der Waals surface area contributed by atoms with Gasteiger partial charge in [0.2, 0.25) is 0 Å². The van der Waals surface area contributed by atoms with Crippen LogP contribution in [0.1, 0.15) is 18.1 Å². The third-order valence-electron chi connectivity index (χ3n) is 3.45. The van der Waals surface area contributed by atoms with Crippen molar-refractivity contribution < 1.29 is 23.7 Å². The van der Waals surface area contributed by atoms with E-state index in [2.05, 4.69) is 0 Å². The van der Waals surface area contributed by atoms with E-state index in [0.717, 1.165) is 16.9 Å². The maximum atomic E-state index is 11.9. The van der Waals surface area contributed by atoms with Crippen LogP contribution in [0.3, 0.4) is 0 Å². The number of allylic oxidation sites excluding steroid dienone is 1. The third kappa shape index (κ3) is 5.57. The van der Waals surface area contributed by atoms with Gasteiger partial charge in [-0.05, 0) is 42.3 Å². The standard InChI is InChI=1S/C20H22O5/c1-4-5-15-8-11-18(19(12-15)23-3)24-14-20(21)25-13-16-6-9-17(22-2)10-7-16/h4-12H,13-14H2,1-3H3/b5-4+. The average molecular weight is 342 g/mol. The van der Waals surface area contributed by atoms with Crippen LogP contribution >= 0.6 is 0 Å². The van der Waals surface area contributed by atoms with Gasteiger partial charge in [0.1, 0.15) is 12.4 Å². The Bertz CT molecular complexity index is 719. The van der Waals surface area contributed by atoms with Crippen LogP contribution in [0.2, 0.25) is 0 Å². The van der Waals surface area contributed by atoms with Crippen molar-refractivity contribution in [3.63, 3.8) is 0 Å². The smallest absolute Gasteiger partial charge is 0.344 e. The Labute approximate surface area is 147 Å². The van der Waals surface area contributed by atoms with Crippen molar-refractivity contribution >= 4 is 12.0 Å². The summed E-state index contributed by atoms with van der Waals surface area (Å²) in [6.45, 7) is 1.94. The molecular formula is C20H22O5. The Morgan fingerprint density at radius 1 is 1.00 bits per heavy atom. The minimum absolute atomic E-state index is 0.184. The molecule has 0 bridgehead atoms. The van der Waals surface area contributed by atoms with Crippen molar-refractivity contribution in [3.05, 3.63) is 59.7 Å². The summed E-state index contributed by atoms with van der Waals surface area (Å²) >= 11 is 0. The van der Waals surface area contributed by atoms with E-state index in [9.17, 15) is 4.79 Å². The number of carbonyl (C=O) groups excluding carboxylic acids is 1. The van der Waals surface area contributed by atoms with E-state index in [0.29, 0.717) is 11.5 Å². The Morgan fingerprint density at radius 3 is 2.40 bits per heavy atom. The molecule has 0 aliphatic heterocycles. The van der Waals surface area contributed by atoms with E-state index in [-0.39, 0.29) is 13.2 Å². The predicted octanol–water partition coefficient (Wildman–Crippen LogP) is 3.86. The third-order valence-corrected chi connectivity index (χ3v) is 3.45. The van der Waals surface area contributed by atoms with Crippen LogP contribution in [0.4, 0.5) is 0 Å². The second kappa shape index (κ2) is 9.37. The van der Waals surface area contributed by atoms with Crippen molar-refractivity contribution in [2.75, 3.05) is 20.8 Å². The molecule has 2 rings (SSSR count). The molecule has 0 saturated carbocycles. The number of esters is 1. The number of carbonyl (C=O) groups is 1. The van der Waals surface area contributed by atoms with Gasteiger partial charge in [-0.25, -0.2) is 4.79 Å². The van der Waals surface area contributed by atoms with Crippen LogP contribution in [0, 0.1) is 0 Å². The van der Waals surface area contributed by atoms with Gasteiger partial charge in [0.15, 0.2) is 18.1 Å². The van der Waals surface area contributed by atoms with Gasteiger partial charge in [-0.2, -0.15) is 0 Å². The number of hydrogen-bond acceptors (Lipinski definition) is 5. The molecule has 0 spiro atoms. The molecule has 0 saturated heterocycles. The fraction of sp³-hybridized carbons (Fsp3) is 0.250. The summed E-state index contributed by atoms with van der Waals surface area (Å²) in [5.74, 6) is 1.37. The highest BCUT2D eigenvalue weighted by molar-refractivity contribution is 5.71. The summed E-state index contributed by atoms with van der Waals surface area (Å²) in [7, 11) is 3.16. The van der Waals surface area contributed by atoms with Crippen molar-refractivity contribution in [2.24, 2.45) is 0 Å². The molecule has 0 radical (unpaired) electrons. The zero-order valence-electron chi connectivity index (χ0n) is 14.7. The van der Waals surface area contributed by atoms with E-state index < -0.39 is 5.97 Å². The zero-order chi connectivity index (χ0) is 18.1. The van der Waals surface area contributed by atoms with E-state index in [4.69, 9.17) is 18.9 Å². The van der Waals surface area contributed by atoms with Crippen LogP contribution < -0.4 is 14.2 Å². The molecule has 0 aliphatic carbocycles. The molecule has 0 unspecified atom stereocenters. The van der Waals surface area contributed by atoms with Crippen molar-refractivity contribution in [1.29, 1.82) is 0 Å². The molecule has 25 heavy (non-hydrogen) atoms. The molecule has 0 atom stereocenters. The van der Waals surface area contributed by atoms with Crippen molar-refractivity contribution in [1.82, 2.24) is 0 Å². The predicted molar refractivity (Wildman–Crippen MR) is 96.0 cm³/mol. The second-order valence-corrected chi connectivity index (χ2v) is 5.21. The minimum Gasteiger partial charge on any atom is -0.497 e. The number of rotatable bonds is 8. The largest absolute Gasteiger partial charge is 0.497 e. The van der Waals surface area contributed by atoms with Gasteiger partial charge in [0.05, 0.1) is 14.2 Å². The number of benzene rings is 2. The van der Waals surface area contributed by atoms with E-state index in [1.54, 1.807) is 20.3 Å². The average Bonchev–Trinajstić information content (AvgIpc) is 2.65. The highest BCUT2D eigenvalue weighted by Crippen LogP contribution is 2.28. The number of hydrogen-bond donors (Lipinski definition) is 0. The summed E-state index contributed by atoms with van der Waals surface area (Å²) < 4.78 is 21.1. The maximum absolute atomic E-state index is 11.9. The van der Waals surface area contributed by atoms with Gasteiger partial charge >= 0.3 is 5.97 Å². The van der Waals surface area contributed by atoms with Gasteiger partial charge < -0.3 is 18.9 Å². The molecular weight excluding hydrogens is 320 g/mol. The normalized spacial score (nSPS) is 10.5. The van der Waals surface area contributed by atoms with Gasteiger partial charge in [-0.15, -0.1) is 0 Å². The number of ether oxygens (including phenoxy) is 4. The quantitative estimate of drug-likeness (QED) is 0.682. The number of methoxy groups -OCH3 is 2. The lowest BCUT2D eigenvalue weighted by Gasteiger charge is -2.11. The molecule has 2 aromatic rings. The molecule has 5 nitrogen and oxygen atoms in total. The fourth-order valence-electron chi connectivity index (χ4n) is 2.16. The van der Waals surface area contributed by atoms with Crippen LogP contribution in [0.5, 0.6) is 17.2 Å². The summed E-state index contributed by atoms with van der Waals surface area (Å²) in [6.07, 6.45) is 3.89.